The van der Waals surface area contributed by atoms with Gasteiger partial charge in [0.25, 0.3) is 0 Å². The summed E-state index contributed by atoms with van der Waals surface area (Å²) in [6.45, 7) is 0. The number of hydrogen-bond donors (Lipinski definition) is 1. The van der Waals surface area contributed by atoms with Crippen LogP contribution in [0.2, 0.25) is 0 Å². The monoisotopic (exact) mass is 423 g/mol. The third-order valence-corrected chi connectivity index (χ3v) is 5.72. The highest BCUT2D eigenvalue weighted by Crippen LogP contribution is 2.32. The van der Waals surface area contributed by atoms with E-state index in [-0.39, 0.29) is 0 Å². The Kier molecular flexibility index (Phi) is 5.12. The summed E-state index contributed by atoms with van der Waals surface area (Å²) in [7, 11) is 0. The number of carbonyl (C=O) groups is 1. The highest BCUT2D eigenvalue weighted by atomic mass is 32.1. The summed E-state index contributed by atoms with van der Waals surface area (Å²) in [5.41, 5.74) is 5.81. The Morgan fingerprint density at radius 2 is 1.68 bits per heavy atom. The molecule has 0 saturated heterocycles. The van der Waals surface area contributed by atoms with Crippen LogP contribution in [0.3, 0.4) is 0 Å². The van der Waals surface area contributed by atoms with Crippen molar-refractivity contribution in [2.45, 2.75) is 0 Å². The number of para-hydroxylation sites is 1. The molecule has 0 atom stereocenters. The molecule has 6 heteroatoms. The van der Waals surface area contributed by atoms with E-state index in [0.29, 0.717) is 5.69 Å². The fraction of sp³-hybridized carbons (Fsp3) is 0. The number of anilines is 2. The zero-order valence-electron chi connectivity index (χ0n) is 16.4. The van der Waals surface area contributed by atoms with Gasteiger partial charge in [-0.25, -0.2) is 4.98 Å². The van der Waals surface area contributed by atoms with Gasteiger partial charge in [-0.3, -0.25) is 9.78 Å². The smallest absolute Gasteiger partial charge is 0.169 e. The molecule has 0 aliphatic carbocycles. The van der Waals surface area contributed by atoms with Crippen molar-refractivity contribution < 1.29 is 9.53 Å². The number of benzene rings is 3. The molecule has 5 nitrogen and oxygen atoms in total. The van der Waals surface area contributed by atoms with Gasteiger partial charge in [0.1, 0.15) is 17.2 Å². The van der Waals surface area contributed by atoms with Crippen molar-refractivity contribution in [2.75, 3.05) is 5.32 Å². The molecule has 0 amide bonds. The summed E-state index contributed by atoms with van der Waals surface area (Å²) in [5.74, 6) is 1.58. The van der Waals surface area contributed by atoms with Gasteiger partial charge in [0.2, 0.25) is 0 Å². The molecule has 150 valence electrons. The van der Waals surface area contributed by atoms with Crippen molar-refractivity contribution in [1.82, 2.24) is 9.97 Å². The summed E-state index contributed by atoms with van der Waals surface area (Å²) >= 11 is 1.45. The molecule has 5 rings (SSSR count). The normalized spacial score (nSPS) is 10.7. The molecule has 0 fully saturated rings. The number of nitrogens with zero attached hydrogens (tertiary/aromatic N) is 2. The molecule has 1 N–H and O–H groups in total. The largest absolute Gasteiger partial charge is 0.457 e. The maximum atomic E-state index is 11.2. The lowest BCUT2D eigenvalue weighted by Crippen LogP contribution is -1.93. The van der Waals surface area contributed by atoms with Crippen molar-refractivity contribution in [1.29, 1.82) is 0 Å². The number of rotatable bonds is 6. The van der Waals surface area contributed by atoms with E-state index in [9.17, 15) is 4.79 Å². The third kappa shape index (κ3) is 4.01. The van der Waals surface area contributed by atoms with E-state index >= 15 is 0 Å². The number of aldehydes is 1. The lowest BCUT2D eigenvalue weighted by atomic mass is 10.1. The molecule has 0 unspecified atom stereocenters. The predicted octanol–water partition coefficient (Wildman–Crippen LogP) is 6.71. The molecule has 5 aromatic rings. The Balaban J connectivity index is 1.39. The van der Waals surface area contributed by atoms with E-state index in [1.54, 1.807) is 11.7 Å². The third-order valence-electron chi connectivity index (χ3n) is 4.82. The zero-order chi connectivity index (χ0) is 21.0. The average molecular weight is 423 g/mol. The van der Waals surface area contributed by atoms with Gasteiger partial charge in [-0.2, -0.15) is 0 Å². The number of fused-ring (bicyclic) bond motifs is 1. The van der Waals surface area contributed by atoms with Gasteiger partial charge in [-0.15, -0.1) is 11.3 Å². The molecule has 0 saturated carbocycles. The topological polar surface area (TPSA) is 64.1 Å². The van der Waals surface area contributed by atoms with E-state index in [1.807, 2.05) is 78.9 Å². The van der Waals surface area contributed by atoms with Crippen LogP contribution < -0.4 is 10.1 Å². The van der Waals surface area contributed by atoms with Gasteiger partial charge in [0, 0.05) is 23.0 Å². The molecule has 31 heavy (non-hydrogen) atoms. The maximum absolute atomic E-state index is 11.2. The van der Waals surface area contributed by atoms with Gasteiger partial charge in [0.15, 0.2) is 6.29 Å². The quantitative estimate of drug-likeness (QED) is 0.308. The average Bonchev–Trinajstić information content (AvgIpc) is 3.30. The van der Waals surface area contributed by atoms with E-state index in [2.05, 4.69) is 15.3 Å². The Bertz CT molecular complexity index is 1350. The molecule has 0 aliphatic rings. The first-order chi connectivity index (χ1) is 15.3. The fourth-order valence-electron chi connectivity index (χ4n) is 3.34. The summed E-state index contributed by atoms with van der Waals surface area (Å²) in [6, 6.07) is 25.5. The summed E-state index contributed by atoms with van der Waals surface area (Å²) < 4.78 is 5.85. The zero-order valence-corrected chi connectivity index (χ0v) is 17.2. The van der Waals surface area contributed by atoms with Crippen LogP contribution in [-0.4, -0.2) is 16.3 Å². The molecular formula is C25H17N3O2S. The lowest BCUT2D eigenvalue weighted by Gasteiger charge is -2.11. The van der Waals surface area contributed by atoms with E-state index in [0.717, 1.165) is 50.5 Å². The molecule has 0 bridgehead atoms. The van der Waals surface area contributed by atoms with Gasteiger partial charge in [0.05, 0.1) is 15.9 Å². The van der Waals surface area contributed by atoms with E-state index in [4.69, 9.17) is 4.74 Å². The SMILES string of the molecule is O=Cc1ncsc1-c1ccc2c(Nc3ccc(Oc4ccccc4)cc3)ccnc2c1. The van der Waals surface area contributed by atoms with Crippen LogP contribution in [0.1, 0.15) is 10.5 Å². The minimum absolute atomic E-state index is 0.455. The Morgan fingerprint density at radius 3 is 2.48 bits per heavy atom. The molecule has 0 aliphatic heterocycles. The van der Waals surface area contributed by atoms with Crippen molar-refractivity contribution in [3.05, 3.63) is 96.3 Å². The fourth-order valence-corrected chi connectivity index (χ4v) is 4.10. The van der Waals surface area contributed by atoms with Crippen LogP contribution in [0.4, 0.5) is 11.4 Å². The molecule has 0 spiro atoms. The number of pyridine rings is 1. The van der Waals surface area contributed by atoms with Crippen LogP contribution in [0.25, 0.3) is 21.3 Å². The predicted molar refractivity (Wildman–Crippen MR) is 124 cm³/mol. The second-order valence-corrected chi connectivity index (χ2v) is 7.69. The molecule has 2 aromatic heterocycles. The number of aromatic nitrogens is 2. The van der Waals surface area contributed by atoms with Crippen molar-refractivity contribution in [3.8, 4) is 21.9 Å². The van der Waals surface area contributed by atoms with Crippen molar-refractivity contribution in [2.24, 2.45) is 0 Å². The highest BCUT2D eigenvalue weighted by Gasteiger charge is 2.10. The van der Waals surface area contributed by atoms with Crippen LogP contribution >= 0.6 is 11.3 Å². The highest BCUT2D eigenvalue weighted by molar-refractivity contribution is 7.13. The second kappa shape index (κ2) is 8.38. The number of thiazole rings is 1. The lowest BCUT2D eigenvalue weighted by molar-refractivity contribution is 0.112. The number of hydrogen-bond acceptors (Lipinski definition) is 6. The molecule has 0 radical (unpaired) electrons. The summed E-state index contributed by atoms with van der Waals surface area (Å²) in [6.07, 6.45) is 2.56. The van der Waals surface area contributed by atoms with Gasteiger partial charge in [-0.1, -0.05) is 30.3 Å². The second-order valence-electron chi connectivity index (χ2n) is 6.84. The van der Waals surface area contributed by atoms with E-state index in [1.165, 1.54) is 11.3 Å². The first kappa shape index (κ1) is 19.0. The first-order valence-corrected chi connectivity index (χ1v) is 10.6. The standard InChI is InChI=1S/C25H17N3O2S/c29-15-24-25(31-16-27-24)17-6-11-21-22(12-13-26-23(21)14-17)28-18-7-9-20(10-8-18)30-19-4-2-1-3-5-19/h1-16H,(H,26,28). The Hall–Kier alpha value is -4.03. The van der Waals surface area contributed by atoms with Crippen LogP contribution in [0.15, 0.2) is 90.6 Å². The van der Waals surface area contributed by atoms with E-state index < -0.39 is 0 Å². The Morgan fingerprint density at radius 1 is 0.871 bits per heavy atom. The molecule has 3 aromatic carbocycles. The van der Waals surface area contributed by atoms with Crippen LogP contribution in [0.5, 0.6) is 11.5 Å². The molecule has 2 heterocycles. The summed E-state index contributed by atoms with van der Waals surface area (Å²) in [5, 5.41) is 4.45. The number of ether oxygens (including phenoxy) is 1. The Labute approximate surface area is 183 Å². The van der Waals surface area contributed by atoms with Gasteiger partial charge < -0.3 is 10.1 Å². The van der Waals surface area contributed by atoms with Crippen LogP contribution in [-0.2, 0) is 0 Å². The molecular weight excluding hydrogens is 406 g/mol. The van der Waals surface area contributed by atoms with Crippen LogP contribution in [0, 0.1) is 0 Å². The maximum Gasteiger partial charge on any atom is 0.169 e. The van der Waals surface area contributed by atoms with Crippen molar-refractivity contribution >= 4 is 39.9 Å². The summed E-state index contributed by atoms with van der Waals surface area (Å²) in [4.78, 5) is 20.7. The minimum atomic E-state index is 0.455. The van der Waals surface area contributed by atoms with Gasteiger partial charge in [-0.05, 0) is 54.1 Å². The van der Waals surface area contributed by atoms with Gasteiger partial charge >= 0.3 is 0 Å². The number of carbonyl (C=O) groups excluding carboxylic acids is 1. The minimum Gasteiger partial charge on any atom is -0.457 e. The van der Waals surface area contributed by atoms with Crippen molar-refractivity contribution in [3.63, 3.8) is 0 Å². The first-order valence-electron chi connectivity index (χ1n) is 9.68. The number of nitrogens with one attached hydrogen (secondary N) is 1.